The van der Waals surface area contributed by atoms with Crippen LogP contribution in [0.2, 0.25) is 0 Å². The molecule has 8 heteroatoms. The van der Waals surface area contributed by atoms with Gasteiger partial charge in [0.1, 0.15) is 11.6 Å². The van der Waals surface area contributed by atoms with Crippen LogP contribution in [0.3, 0.4) is 0 Å². The van der Waals surface area contributed by atoms with Crippen LogP contribution in [0.4, 0.5) is 5.82 Å². The van der Waals surface area contributed by atoms with Gasteiger partial charge in [0.15, 0.2) is 0 Å². The molecule has 2 aromatic heterocycles. The average molecular weight is 356 g/mol. The van der Waals surface area contributed by atoms with Crippen LogP contribution >= 0.6 is 11.8 Å². The van der Waals surface area contributed by atoms with Gasteiger partial charge in [0.05, 0.1) is 12.4 Å². The summed E-state index contributed by atoms with van der Waals surface area (Å²) in [7, 11) is 0. The number of benzene rings is 1. The monoisotopic (exact) mass is 356 g/mol. The number of hydrogen-bond donors (Lipinski definition) is 1. The zero-order chi connectivity index (χ0) is 17.5. The van der Waals surface area contributed by atoms with Crippen molar-refractivity contribution in [3.8, 4) is 17.2 Å². The SMILES string of the molecule is CCOc1ccc(-c2nnc(SCC(=O)Nc3ccccn3)o2)cc1. The summed E-state index contributed by atoms with van der Waals surface area (Å²) in [6.45, 7) is 2.54. The van der Waals surface area contributed by atoms with E-state index in [1.54, 1.807) is 24.4 Å². The van der Waals surface area contributed by atoms with Gasteiger partial charge in [-0.2, -0.15) is 0 Å². The summed E-state index contributed by atoms with van der Waals surface area (Å²) >= 11 is 1.17. The molecule has 0 aliphatic rings. The molecule has 0 saturated carbocycles. The van der Waals surface area contributed by atoms with E-state index >= 15 is 0 Å². The molecular formula is C17H16N4O3S. The fourth-order valence-electron chi connectivity index (χ4n) is 1.99. The van der Waals surface area contributed by atoms with E-state index in [-0.39, 0.29) is 11.7 Å². The number of rotatable bonds is 7. The second-order valence-electron chi connectivity index (χ2n) is 4.88. The van der Waals surface area contributed by atoms with E-state index in [2.05, 4.69) is 20.5 Å². The summed E-state index contributed by atoms with van der Waals surface area (Å²) in [6.07, 6.45) is 1.61. The van der Waals surface area contributed by atoms with E-state index in [1.165, 1.54) is 11.8 Å². The predicted molar refractivity (Wildman–Crippen MR) is 94.5 cm³/mol. The van der Waals surface area contributed by atoms with Gasteiger partial charge in [-0.3, -0.25) is 4.79 Å². The molecule has 25 heavy (non-hydrogen) atoms. The number of nitrogens with zero attached hydrogens (tertiary/aromatic N) is 3. The summed E-state index contributed by atoms with van der Waals surface area (Å²) < 4.78 is 11.0. The van der Waals surface area contributed by atoms with E-state index < -0.39 is 0 Å². The number of carbonyl (C=O) groups excluding carboxylic acids is 1. The quantitative estimate of drug-likeness (QED) is 0.650. The Morgan fingerprint density at radius 3 is 2.76 bits per heavy atom. The largest absolute Gasteiger partial charge is 0.494 e. The van der Waals surface area contributed by atoms with Crippen LogP contribution in [0, 0.1) is 0 Å². The number of hydrogen-bond acceptors (Lipinski definition) is 7. The first-order chi connectivity index (χ1) is 12.2. The standard InChI is InChI=1S/C17H16N4O3S/c1-2-23-13-8-6-12(7-9-13)16-20-21-17(24-16)25-11-15(22)19-14-5-3-4-10-18-14/h3-10H,2,11H2,1H3,(H,18,19,22). The van der Waals surface area contributed by atoms with Crippen LogP contribution in [0.15, 0.2) is 58.3 Å². The van der Waals surface area contributed by atoms with Crippen LogP contribution in [0.5, 0.6) is 5.75 Å². The predicted octanol–water partition coefficient (Wildman–Crippen LogP) is 3.26. The van der Waals surface area contributed by atoms with Crippen molar-refractivity contribution in [2.24, 2.45) is 0 Å². The number of pyridine rings is 1. The molecule has 2 heterocycles. The molecule has 0 saturated heterocycles. The van der Waals surface area contributed by atoms with Crippen molar-refractivity contribution in [2.75, 3.05) is 17.7 Å². The third-order valence-corrected chi connectivity index (χ3v) is 3.90. The number of ether oxygens (including phenoxy) is 1. The van der Waals surface area contributed by atoms with Crippen LogP contribution in [-0.4, -0.2) is 33.4 Å². The molecule has 0 spiro atoms. The fraction of sp³-hybridized carbons (Fsp3) is 0.176. The number of thioether (sulfide) groups is 1. The molecule has 0 aliphatic heterocycles. The molecule has 3 aromatic rings. The molecule has 0 unspecified atom stereocenters. The molecule has 0 aliphatic carbocycles. The minimum atomic E-state index is -0.190. The van der Waals surface area contributed by atoms with E-state index in [0.717, 1.165) is 11.3 Å². The highest BCUT2D eigenvalue weighted by molar-refractivity contribution is 7.99. The zero-order valence-electron chi connectivity index (χ0n) is 13.5. The fourth-order valence-corrected chi connectivity index (χ4v) is 2.55. The minimum absolute atomic E-state index is 0.154. The minimum Gasteiger partial charge on any atom is -0.494 e. The lowest BCUT2D eigenvalue weighted by molar-refractivity contribution is -0.113. The van der Waals surface area contributed by atoms with Crippen LogP contribution in [-0.2, 0) is 4.79 Å². The van der Waals surface area contributed by atoms with Crippen molar-refractivity contribution in [2.45, 2.75) is 12.1 Å². The zero-order valence-corrected chi connectivity index (χ0v) is 14.3. The second kappa shape index (κ2) is 8.29. The Balaban J connectivity index is 1.55. The van der Waals surface area contributed by atoms with Crippen LogP contribution in [0.1, 0.15) is 6.92 Å². The molecule has 1 N–H and O–H groups in total. The maximum absolute atomic E-state index is 11.9. The van der Waals surface area contributed by atoms with Gasteiger partial charge in [0.25, 0.3) is 5.22 Å². The molecule has 3 rings (SSSR count). The van der Waals surface area contributed by atoms with Crippen molar-refractivity contribution in [1.29, 1.82) is 0 Å². The highest BCUT2D eigenvalue weighted by Crippen LogP contribution is 2.25. The molecule has 1 amide bonds. The van der Waals surface area contributed by atoms with Gasteiger partial charge in [0.2, 0.25) is 11.8 Å². The Labute approximate surface area is 148 Å². The normalized spacial score (nSPS) is 10.4. The lowest BCUT2D eigenvalue weighted by Gasteiger charge is -2.02. The first kappa shape index (κ1) is 17.0. The van der Waals surface area contributed by atoms with Gasteiger partial charge in [0, 0.05) is 11.8 Å². The third kappa shape index (κ3) is 4.80. The van der Waals surface area contributed by atoms with Crippen LogP contribution < -0.4 is 10.1 Å². The summed E-state index contributed by atoms with van der Waals surface area (Å²) in [6, 6.07) is 12.7. The van der Waals surface area contributed by atoms with E-state index in [0.29, 0.717) is 23.5 Å². The lowest BCUT2D eigenvalue weighted by atomic mass is 10.2. The van der Waals surface area contributed by atoms with E-state index in [4.69, 9.17) is 9.15 Å². The Hall–Kier alpha value is -2.87. The highest BCUT2D eigenvalue weighted by Gasteiger charge is 2.11. The summed E-state index contributed by atoms with van der Waals surface area (Å²) in [5.74, 6) is 1.65. The Bertz CT molecular complexity index is 821. The van der Waals surface area contributed by atoms with Gasteiger partial charge in [-0.25, -0.2) is 4.98 Å². The van der Waals surface area contributed by atoms with Crippen molar-refractivity contribution >= 4 is 23.5 Å². The Morgan fingerprint density at radius 2 is 2.04 bits per heavy atom. The van der Waals surface area contributed by atoms with Gasteiger partial charge in [-0.05, 0) is 43.3 Å². The van der Waals surface area contributed by atoms with Crippen LogP contribution in [0.25, 0.3) is 11.5 Å². The number of carbonyl (C=O) groups is 1. The third-order valence-electron chi connectivity index (χ3n) is 3.08. The topological polar surface area (TPSA) is 90.1 Å². The summed E-state index contributed by atoms with van der Waals surface area (Å²) in [4.78, 5) is 15.9. The van der Waals surface area contributed by atoms with Crippen molar-refractivity contribution < 1.29 is 13.9 Å². The lowest BCUT2D eigenvalue weighted by Crippen LogP contribution is -2.14. The molecule has 0 atom stereocenters. The molecule has 1 aromatic carbocycles. The maximum Gasteiger partial charge on any atom is 0.277 e. The molecule has 0 radical (unpaired) electrons. The van der Waals surface area contributed by atoms with E-state index in [9.17, 15) is 4.79 Å². The maximum atomic E-state index is 11.9. The number of amides is 1. The van der Waals surface area contributed by atoms with Crippen molar-refractivity contribution in [3.05, 3.63) is 48.7 Å². The smallest absolute Gasteiger partial charge is 0.277 e. The number of anilines is 1. The molecular weight excluding hydrogens is 340 g/mol. The van der Waals surface area contributed by atoms with Gasteiger partial charge < -0.3 is 14.5 Å². The second-order valence-corrected chi connectivity index (χ2v) is 5.81. The number of aromatic nitrogens is 3. The van der Waals surface area contributed by atoms with Gasteiger partial charge in [-0.15, -0.1) is 10.2 Å². The van der Waals surface area contributed by atoms with Gasteiger partial charge in [-0.1, -0.05) is 17.8 Å². The van der Waals surface area contributed by atoms with E-state index in [1.807, 2.05) is 31.2 Å². The van der Waals surface area contributed by atoms with Gasteiger partial charge >= 0.3 is 0 Å². The summed E-state index contributed by atoms with van der Waals surface area (Å²) in [5, 5.41) is 11.0. The van der Waals surface area contributed by atoms with Crippen molar-refractivity contribution in [1.82, 2.24) is 15.2 Å². The highest BCUT2D eigenvalue weighted by atomic mass is 32.2. The molecule has 128 valence electrons. The van der Waals surface area contributed by atoms with Crippen molar-refractivity contribution in [3.63, 3.8) is 0 Å². The molecule has 0 bridgehead atoms. The average Bonchev–Trinajstić information content (AvgIpc) is 3.11. The molecule has 7 nitrogen and oxygen atoms in total. The first-order valence-electron chi connectivity index (χ1n) is 7.65. The number of nitrogens with one attached hydrogen (secondary N) is 1. The summed E-state index contributed by atoms with van der Waals surface area (Å²) in [5.41, 5.74) is 0.792. The molecule has 0 fully saturated rings. The first-order valence-corrected chi connectivity index (χ1v) is 8.63. The Morgan fingerprint density at radius 1 is 1.20 bits per heavy atom. The Kier molecular flexibility index (Phi) is 5.63.